The van der Waals surface area contributed by atoms with Gasteiger partial charge in [0, 0.05) is 0 Å². The molecule has 1 aromatic rings. The molecule has 1 aliphatic carbocycles. The fraction of sp³-hybridized carbons (Fsp3) is 0.625. The third-order valence-electron chi connectivity index (χ3n) is 3.83. The topological polar surface area (TPSA) is 29.5 Å². The summed E-state index contributed by atoms with van der Waals surface area (Å²) in [6.45, 7) is 2.55. The molecule has 0 bridgehead atoms. The minimum Gasteiger partial charge on any atom is -0.491 e. The van der Waals surface area contributed by atoms with Crippen LogP contribution in [0.4, 0.5) is 0 Å². The molecule has 0 saturated heterocycles. The van der Waals surface area contributed by atoms with E-state index in [0.29, 0.717) is 12.5 Å². The Kier molecular flexibility index (Phi) is 5.06. The Morgan fingerprint density at radius 1 is 1.33 bits per heavy atom. The third-order valence-corrected chi connectivity index (χ3v) is 3.83. The number of aliphatic hydroxyl groups is 1. The van der Waals surface area contributed by atoms with Crippen molar-refractivity contribution in [3.05, 3.63) is 29.8 Å². The van der Waals surface area contributed by atoms with Crippen LogP contribution in [0.2, 0.25) is 0 Å². The Balaban J connectivity index is 1.75. The molecule has 0 heterocycles. The quantitative estimate of drug-likeness (QED) is 0.834. The molecule has 0 radical (unpaired) electrons. The fourth-order valence-corrected chi connectivity index (χ4v) is 2.75. The van der Waals surface area contributed by atoms with Crippen LogP contribution >= 0.6 is 0 Å². The summed E-state index contributed by atoms with van der Waals surface area (Å²) in [5, 5.41) is 9.97. The van der Waals surface area contributed by atoms with Crippen molar-refractivity contribution in [2.75, 3.05) is 6.61 Å². The van der Waals surface area contributed by atoms with E-state index < -0.39 is 0 Å². The number of aryl methyl sites for hydroxylation is 1. The highest BCUT2D eigenvalue weighted by molar-refractivity contribution is 5.28. The second-order valence-corrected chi connectivity index (χ2v) is 5.35. The van der Waals surface area contributed by atoms with Crippen LogP contribution in [0.25, 0.3) is 0 Å². The average molecular weight is 248 g/mol. The molecule has 1 N–H and O–H groups in total. The molecule has 1 fully saturated rings. The van der Waals surface area contributed by atoms with E-state index in [1.807, 2.05) is 12.1 Å². The summed E-state index contributed by atoms with van der Waals surface area (Å²) < 4.78 is 5.67. The van der Waals surface area contributed by atoms with Gasteiger partial charge in [0.25, 0.3) is 0 Å². The summed E-state index contributed by atoms with van der Waals surface area (Å²) in [5.41, 5.74) is 1.28. The van der Waals surface area contributed by atoms with Crippen LogP contribution in [-0.2, 0) is 6.42 Å². The van der Waals surface area contributed by atoms with Crippen molar-refractivity contribution in [1.82, 2.24) is 0 Å². The van der Waals surface area contributed by atoms with Gasteiger partial charge in [0.1, 0.15) is 12.4 Å². The average Bonchev–Trinajstić information content (AvgIpc) is 2.89. The molecule has 1 aliphatic rings. The predicted octanol–water partition coefficient (Wildman–Crippen LogP) is 3.57. The van der Waals surface area contributed by atoms with E-state index in [1.165, 1.54) is 31.2 Å². The van der Waals surface area contributed by atoms with Gasteiger partial charge in [-0.2, -0.15) is 0 Å². The first-order valence-corrected chi connectivity index (χ1v) is 7.17. The van der Waals surface area contributed by atoms with Crippen LogP contribution in [0.1, 0.15) is 44.6 Å². The summed E-state index contributed by atoms with van der Waals surface area (Å²) >= 11 is 0. The maximum Gasteiger partial charge on any atom is 0.119 e. The zero-order valence-corrected chi connectivity index (χ0v) is 11.3. The van der Waals surface area contributed by atoms with E-state index in [0.717, 1.165) is 18.6 Å². The summed E-state index contributed by atoms with van der Waals surface area (Å²) in [7, 11) is 0. The lowest BCUT2D eigenvalue weighted by Gasteiger charge is -2.16. The predicted molar refractivity (Wildman–Crippen MR) is 73.9 cm³/mol. The Bertz CT molecular complexity index is 356. The molecule has 2 heteroatoms. The largest absolute Gasteiger partial charge is 0.491 e. The van der Waals surface area contributed by atoms with Crippen LogP contribution in [0.3, 0.4) is 0 Å². The molecular formula is C16H24O2. The van der Waals surface area contributed by atoms with E-state index in [2.05, 4.69) is 19.1 Å². The van der Waals surface area contributed by atoms with E-state index in [4.69, 9.17) is 4.74 Å². The highest BCUT2D eigenvalue weighted by Gasteiger charge is 2.19. The van der Waals surface area contributed by atoms with Crippen molar-refractivity contribution in [2.45, 2.75) is 51.6 Å². The number of ether oxygens (including phenoxy) is 1. The smallest absolute Gasteiger partial charge is 0.119 e. The summed E-state index contributed by atoms with van der Waals surface area (Å²) in [5.74, 6) is 1.59. The molecule has 0 aliphatic heterocycles. The lowest BCUT2D eigenvalue weighted by atomic mass is 10.0. The molecule has 0 amide bonds. The highest BCUT2D eigenvalue weighted by atomic mass is 16.5. The van der Waals surface area contributed by atoms with Gasteiger partial charge in [0.15, 0.2) is 0 Å². The van der Waals surface area contributed by atoms with Crippen molar-refractivity contribution >= 4 is 0 Å². The van der Waals surface area contributed by atoms with Crippen LogP contribution in [0.5, 0.6) is 5.75 Å². The fourth-order valence-electron chi connectivity index (χ4n) is 2.75. The van der Waals surface area contributed by atoms with Crippen molar-refractivity contribution in [3.8, 4) is 5.75 Å². The van der Waals surface area contributed by atoms with Crippen molar-refractivity contribution in [1.29, 1.82) is 0 Å². The number of hydrogen-bond donors (Lipinski definition) is 1. The monoisotopic (exact) mass is 248 g/mol. The van der Waals surface area contributed by atoms with Gasteiger partial charge in [-0.15, -0.1) is 0 Å². The van der Waals surface area contributed by atoms with Gasteiger partial charge in [-0.3, -0.25) is 0 Å². The van der Waals surface area contributed by atoms with E-state index in [9.17, 15) is 5.11 Å². The zero-order chi connectivity index (χ0) is 12.8. The molecule has 100 valence electrons. The van der Waals surface area contributed by atoms with Gasteiger partial charge < -0.3 is 9.84 Å². The first-order chi connectivity index (χ1) is 8.78. The van der Waals surface area contributed by atoms with Crippen LogP contribution in [0.15, 0.2) is 24.3 Å². The van der Waals surface area contributed by atoms with Crippen LogP contribution in [-0.4, -0.2) is 17.8 Å². The molecule has 18 heavy (non-hydrogen) atoms. The van der Waals surface area contributed by atoms with E-state index >= 15 is 0 Å². The van der Waals surface area contributed by atoms with Gasteiger partial charge in [0.2, 0.25) is 0 Å². The number of hydrogen-bond acceptors (Lipinski definition) is 2. The number of benzene rings is 1. The summed E-state index contributed by atoms with van der Waals surface area (Å²) in [6.07, 6.45) is 6.81. The first-order valence-electron chi connectivity index (χ1n) is 7.17. The van der Waals surface area contributed by atoms with Gasteiger partial charge in [-0.1, -0.05) is 44.7 Å². The molecule has 1 atom stereocenters. The van der Waals surface area contributed by atoms with Gasteiger partial charge in [-0.05, 0) is 36.5 Å². The Morgan fingerprint density at radius 3 is 2.83 bits per heavy atom. The second-order valence-electron chi connectivity index (χ2n) is 5.35. The van der Waals surface area contributed by atoms with Crippen molar-refractivity contribution in [2.24, 2.45) is 5.92 Å². The Labute approximate surface area is 110 Å². The van der Waals surface area contributed by atoms with Gasteiger partial charge >= 0.3 is 0 Å². The molecule has 1 aromatic carbocycles. The molecule has 0 aromatic heterocycles. The second kappa shape index (κ2) is 6.79. The molecule has 1 saturated carbocycles. The van der Waals surface area contributed by atoms with Crippen LogP contribution in [0, 0.1) is 5.92 Å². The molecule has 2 nitrogen and oxygen atoms in total. The molecule has 2 rings (SSSR count). The number of rotatable bonds is 6. The van der Waals surface area contributed by atoms with Gasteiger partial charge in [0.05, 0.1) is 6.10 Å². The summed E-state index contributed by atoms with van der Waals surface area (Å²) in [6, 6.07) is 8.13. The molecular weight excluding hydrogens is 224 g/mol. The minimum atomic E-state index is -0.321. The standard InChI is InChI=1S/C16H24O2/c1-2-13-8-5-9-16(11-13)18-12-15(17)10-14-6-3-4-7-14/h5,8-9,11,14-15,17H,2-4,6-7,10,12H2,1H3. The maximum atomic E-state index is 9.97. The van der Waals surface area contributed by atoms with Crippen molar-refractivity contribution < 1.29 is 9.84 Å². The molecule has 0 spiro atoms. The Morgan fingerprint density at radius 2 is 2.11 bits per heavy atom. The Hall–Kier alpha value is -1.02. The summed E-state index contributed by atoms with van der Waals surface area (Å²) in [4.78, 5) is 0. The van der Waals surface area contributed by atoms with Gasteiger partial charge in [-0.25, -0.2) is 0 Å². The number of aliphatic hydroxyl groups excluding tert-OH is 1. The lowest BCUT2D eigenvalue weighted by molar-refractivity contribution is 0.0855. The maximum absolute atomic E-state index is 9.97. The zero-order valence-electron chi connectivity index (χ0n) is 11.3. The SMILES string of the molecule is CCc1cccc(OCC(O)CC2CCCC2)c1. The van der Waals surface area contributed by atoms with Crippen LogP contribution < -0.4 is 4.74 Å². The highest BCUT2D eigenvalue weighted by Crippen LogP contribution is 2.28. The normalized spacial score (nSPS) is 17.9. The minimum absolute atomic E-state index is 0.321. The van der Waals surface area contributed by atoms with Crippen molar-refractivity contribution in [3.63, 3.8) is 0 Å². The first kappa shape index (κ1) is 13.4. The molecule has 1 unspecified atom stereocenters. The lowest BCUT2D eigenvalue weighted by Crippen LogP contribution is -2.20. The van der Waals surface area contributed by atoms with E-state index in [-0.39, 0.29) is 6.10 Å². The van der Waals surface area contributed by atoms with E-state index in [1.54, 1.807) is 0 Å². The third kappa shape index (κ3) is 4.02.